The largest absolute Gasteiger partial charge is 0.493 e. The molecule has 0 aliphatic carbocycles. The maximum Gasteiger partial charge on any atom is 0.223 e. The summed E-state index contributed by atoms with van der Waals surface area (Å²) in [7, 11) is 4.71. The van der Waals surface area contributed by atoms with E-state index < -0.39 is 0 Å². The lowest BCUT2D eigenvalue weighted by Crippen LogP contribution is -2.43. The quantitative estimate of drug-likeness (QED) is 0.643. The number of nitrogens with zero attached hydrogens (tertiary/aromatic N) is 2. The van der Waals surface area contributed by atoms with Crippen LogP contribution >= 0.6 is 0 Å². The highest BCUT2D eigenvalue weighted by Gasteiger charge is 2.27. The molecule has 1 N–H and O–H groups in total. The van der Waals surface area contributed by atoms with E-state index in [4.69, 9.17) is 14.2 Å². The SMILES string of the molecule is COc1ccc(CCC(=O)N2CCC(C(=O)NCc3cccnc3)CC2)c(OC)c1OC. The average Bonchev–Trinajstić information content (AvgIpc) is 2.85. The molecule has 0 unspecified atom stereocenters. The fourth-order valence-corrected chi connectivity index (χ4v) is 3.99. The van der Waals surface area contributed by atoms with E-state index >= 15 is 0 Å². The van der Waals surface area contributed by atoms with Crippen LogP contribution in [0.1, 0.15) is 30.4 Å². The highest BCUT2D eigenvalue weighted by atomic mass is 16.5. The zero-order valence-corrected chi connectivity index (χ0v) is 18.9. The van der Waals surface area contributed by atoms with Gasteiger partial charge in [0.25, 0.3) is 0 Å². The number of methoxy groups -OCH3 is 3. The van der Waals surface area contributed by atoms with Crippen LogP contribution in [-0.2, 0) is 22.6 Å². The van der Waals surface area contributed by atoms with E-state index in [0.717, 1.165) is 11.1 Å². The molecule has 8 nitrogen and oxygen atoms in total. The number of ether oxygens (including phenoxy) is 3. The number of likely N-dealkylation sites (tertiary alicyclic amines) is 1. The summed E-state index contributed by atoms with van der Waals surface area (Å²) in [4.78, 5) is 31.1. The molecule has 2 aromatic rings. The first-order valence-corrected chi connectivity index (χ1v) is 10.8. The van der Waals surface area contributed by atoms with Gasteiger partial charge >= 0.3 is 0 Å². The molecule has 2 amide bonds. The Morgan fingerprint density at radius 2 is 1.81 bits per heavy atom. The lowest BCUT2D eigenvalue weighted by atomic mass is 9.95. The van der Waals surface area contributed by atoms with Gasteiger partial charge in [-0.15, -0.1) is 0 Å². The molecule has 0 radical (unpaired) electrons. The number of aromatic nitrogens is 1. The van der Waals surface area contributed by atoms with Crippen molar-refractivity contribution in [2.75, 3.05) is 34.4 Å². The van der Waals surface area contributed by atoms with Crippen molar-refractivity contribution in [3.05, 3.63) is 47.8 Å². The number of aryl methyl sites for hydroxylation is 1. The summed E-state index contributed by atoms with van der Waals surface area (Å²) in [6.45, 7) is 1.65. The number of rotatable bonds is 9. The number of benzene rings is 1. The van der Waals surface area contributed by atoms with Gasteiger partial charge in [-0.25, -0.2) is 0 Å². The summed E-state index contributed by atoms with van der Waals surface area (Å²) in [5.41, 5.74) is 1.86. The van der Waals surface area contributed by atoms with Gasteiger partial charge in [0, 0.05) is 44.4 Å². The molecule has 1 aliphatic rings. The molecular formula is C24H31N3O5. The van der Waals surface area contributed by atoms with Crippen LogP contribution in [0.3, 0.4) is 0 Å². The van der Waals surface area contributed by atoms with Crippen LogP contribution < -0.4 is 19.5 Å². The van der Waals surface area contributed by atoms with Crippen molar-refractivity contribution in [3.8, 4) is 17.2 Å². The van der Waals surface area contributed by atoms with Gasteiger partial charge in [-0.1, -0.05) is 12.1 Å². The third kappa shape index (κ3) is 5.69. The van der Waals surface area contributed by atoms with Crippen LogP contribution in [0.15, 0.2) is 36.7 Å². The first kappa shape index (κ1) is 23.4. The molecule has 1 saturated heterocycles. The second-order valence-corrected chi connectivity index (χ2v) is 7.73. The van der Waals surface area contributed by atoms with Gasteiger partial charge < -0.3 is 24.4 Å². The Kier molecular flexibility index (Phi) is 8.30. The standard InChI is InChI=1S/C24H31N3O5/c1-30-20-8-6-18(22(31-2)23(20)32-3)7-9-21(28)27-13-10-19(11-14-27)24(29)26-16-17-5-4-12-25-15-17/h4-6,8,12,15,19H,7,9-11,13-14,16H2,1-3H3,(H,26,29). The highest BCUT2D eigenvalue weighted by Crippen LogP contribution is 2.40. The second kappa shape index (κ2) is 11.4. The lowest BCUT2D eigenvalue weighted by Gasteiger charge is -2.31. The van der Waals surface area contributed by atoms with E-state index in [1.165, 1.54) is 0 Å². The summed E-state index contributed by atoms with van der Waals surface area (Å²) in [5.74, 6) is 1.75. The van der Waals surface area contributed by atoms with E-state index in [0.29, 0.717) is 62.6 Å². The van der Waals surface area contributed by atoms with E-state index in [9.17, 15) is 9.59 Å². The lowest BCUT2D eigenvalue weighted by molar-refractivity contribution is -0.135. The Morgan fingerprint density at radius 1 is 1.06 bits per heavy atom. The van der Waals surface area contributed by atoms with Crippen LogP contribution in [0.5, 0.6) is 17.2 Å². The number of carbonyl (C=O) groups excluding carboxylic acids is 2. The molecule has 1 fully saturated rings. The van der Waals surface area contributed by atoms with Crippen molar-refractivity contribution >= 4 is 11.8 Å². The maximum absolute atomic E-state index is 12.8. The number of carbonyl (C=O) groups is 2. The highest BCUT2D eigenvalue weighted by molar-refractivity contribution is 5.80. The summed E-state index contributed by atoms with van der Waals surface area (Å²) in [6.07, 6.45) is 5.69. The molecule has 172 valence electrons. The molecule has 3 rings (SSSR count). The van der Waals surface area contributed by atoms with Crippen LogP contribution in [0.2, 0.25) is 0 Å². The van der Waals surface area contributed by atoms with E-state index in [1.54, 1.807) is 33.7 Å². The molecule has 0 saturated carbocycles. The Labute approximate surface area is 188 Å². The van der Waals surface area contributed by atoms with Crippen LogP contribution in [0, 0.1) is 5.92 Å². The molecule has 0 atom stereocenters. The number of amides is 2. The van der Waals surface area contributed by atoms with Crippen molar-refractivity contribution in [3.63, 3.8) is 0 Å². The minimum atomic E-state index is -0.0679. The molecule has 0 spiro atoms. The zero-order valence-electron chi connectivity index (χ0n) is 18.9. The fourth-order valence-electron chi connectivity index (χ4n) is 3.99. The third-order valence-corrected chi connectivity index (χ3v) is 5.80. The topological polar surface area (TPSA) is 90.0 Å². The number of pyridine rings is 1. The molecule has 8 heteroatoms. The normalized spacial score (nSPS) is 14.0. The summed E-state index contributed by atoms with van der Waals surface area (Å²) in [6, 6.07) is 7.49. The van der Waals surface area contributed by atoms with Crippen LogP contribution in [0.25, 0.3) is 0 Å². The molecule has 0 bridgehead atoms. The fraction of sp³-hybridized carbons (Fsp3) is 0.458. The van der Waals surface area contributed by atoms with Crippen molar-refractivity contribution < 1.29 is 23.8 Å². The van der Waals surface area contributed by atoms with Crippen molar-refractivity contribution in [1.82, 2.24) is 15.2 Å². The van der Waals surface area contributed by atoms with Crippen molar-refractivity contribution in [1.29, 1.82) is 0 Å². The van der Waals surface area contributed by atoms with Crippen molar-refractivity contribution in [2.24, 2.45) is 5.92 Å². The second-order valence-electron chi connectivity index (χ2n) is 7.73. The predicted molar refractivity (Wildman–Crippen MR) is 120 cm³/mol. The Hall–Kier alpha value is -3.29. The maximum atomic E-state index is 12.8. The van der Waals surface area contributed by atoms with Crippen LogP contribution in [0.4, 0.5) is 0 Å². The summed E-state index contributed by atoms with van der Waals surface area (Å²) >= 11 is 0. The van der Waals surface area contributed by atoms with Gasteiger partial charge in [0.2, 0.25) is 17.6 Å². The first-order chi connectivity index (χ1) is 15.6. The van der Waals surface area contributed by atoms with Gasteiger partial charge in [-0.2, -0.15) is 0 Å². The Morgan fingerprint density at radius 3 is 2.44 bits per heavy atom. The minimum Gasteiger partial charge on any atom is -0.493 e. The Balaban J connectivity index is 1.48. The summed E-state index contributed by atoms with van der Waals surface area (Å²) < 4.78 is 16.2. The molecule has 32 heavy (non-hydrogen) atoms. The van der Waals surface area contributed by atoms with Gasteiger partial charge in [-0.05, 0) is 42.5 Å². The van der Waals surface area contributed by atoms with Crippen molar-refractivity contribution in [2.45, 2.75) is 32.2 Å². The number of nitrogens with one attached hydrogen (secondary N) is 1. The molecular weight excluding hydrogens is 410 g/mol. The average molecular weight is 442 g/mol. The number of hydrogen-bond acceptors (Lipinski definition) is 6. The monoisotopic (exact) mass is 441 g/mol. The van der Waals surface area contributed by atoms with Crippen LogP contribution in [-0.4, -0.2) is 56.1 Å². The van der Waals surface area contributed by atoms with Gasteiger partial charge in [0.15, 0.2) is 11.5 Å². The zero-order chi connectivity index (χ0) is 22.9. The van der Waals surface area contributed by atoms with E-state index in [2.05, 4.69) is 10.3 Å². The van der Waals surface area contributed by atoms with E-state index in [1.807, 2.05) is 29.2 Å². The third-order valence-electron chi connectivity index (χ3n) is 5.80. The predicted octanol–water partition coefficient (Wildman–Crippen LogP) is 2.60. The Bertz CT molecular complexity index is 911. The first-order valence-electron chi connectivity index (χ1n) is 10.8. The molecule has 2 heterocycles. The number of piperidine rings is 1. The van der Waals surface area contributed by atoms with Gasteiger partial charge in [-0.3, -0.25) is 14.6 Å². The number of hydrogen-bond donors (Lipinski definition) is 1. The summed E-state index contributed by atoms with van der Waals surface area (Å²) in [5, 5.41) is 2.97. The molecule has 1 aromatic carbocycles. The smallest absolute Gasteiger partial charge is 0.223 e. The van der Waals surface area contributed by atoms with Gasteiger partial charge in [0.05, 0.1) is 21.3 Å². The molecule has 1 aliphatic heterocycles. The van der Waals surface area contributed by atoms with Gasteiger partial charge in [0.1, 0.15) is 0 Å². The molecule has 1 aromatic heterocycles. The van der Waals surface area contributed by atoms with E-state index in [-0.39, 0.29) is 17.7 Å². The minimum absolute atomic E-state index is 0.0380.